The molecule has 0 bridgehead atoms. The summed E-state index contributed by atoms with van der Waals surface area (Å²) in [6.07, 6.45) is 1.04. The minimum absolute atomic E-state index is 0.00307. The lowest BCUT2D eigenvalue weighted by Crippen LogP contribution is -2.18. The molecule has 0 spiro atoms. The monoisotopic (exact) mass is 299 g/mol. The van der Waals surface area contributed by atoms with E-state index in [1.165, 1.54) is 0 Å². The van der Waals surface area contributed by atoms with Crippen LogP contribution in [0.15, 0.2) is 24.3 Å². The molecule has 22 heavy (non-hydrogen) atoms. The number of aromatic carboxylic acids is 1. The average molecular weight is 299 g/mol. The number of methoxy groups -OCH3 is 1. The molecule has 0 radical (unpaired) electrons. The van der Waals surface area contributed by atoms with Gasteiger partial charge in [-0.3, -0.25) is 4.79 Å². The molecule has 0 saturated carbocycles. The van der Waals surface area contributed by atoms with Gasteiger partial charge in [-0.2, -0.15) is 0 Å². The van der Waals surface area contributed by atoms with Crippen molar-refractivity contribution in [2.45, 2.75) is 25.7 Å². The molecular weight excluding hydrogens is 282 g/mol. The second-order valence-electron chi connectivity index (χ2n) is 5.59. The summed E-state index contributed by atoms with van der Waals surface area (Å²) in [6.45, 7) is 1.68. The summed E-state index contributed by atoms with van der Waals surface area (Å²) in [6, 6.07) is 7.65. The van der Waals surface area contributed by atoms with Crippen LogP contribution in [0.5, 0.6) is 5.75 Å². The van der Waals surface area contributed by atoms with Crippen LogP contribution in [-0.4, -0.2) is 29.0 Å². The van der Waals surface area contributed by atoms with Gasteiger partial charge in [0.05, 0.1) is 7.11 Å². The van der Waals surface area contributed by atoms with Gasteiger partial charge in [-0.25, -0.2) is 4.79 Å². The molecule has 1 aliphatic carbocycles. The fourth-order valence-corrected chi connectivity index (χ4v) is 3.16. The molecule has 0 unspecified atom stereocenters. The average Bonchev–Trinajstić information content (AvgIpc) is 2.85. The molecule has 5 nitrogen and oxygen atoms in total. The number of benzene rings is 1. The van der Waals surface area contributed by atoms with Crippen molar-refractivity contribution in [1.82, 2.24) is 4.98 Å². The lowest BCUT2D eigenvalue weighted by molar-refractivity contribution is 0.0690. The van der Waals surface area contributed by atoms with Crippen LogP contribution in [-0.2, 0) is 6.42 Å². The molecule has 5 heteroatoms. The molecule has 1 aromatic carbocycles. The van der Waals surface area contributed by atoms with Gasteiger partial charge in [0, 0.05) is 17.7 Å². The van der Waals surface area contributed by atoms with E-state index in [2.05, 4.69) is 4.98 Å². The fraction of sp³-hybridized carbons (Fsp3) is 0.294. The number of ether oxygens (including phenoxy) is 1. The summed E-state index contributed by atoms with van der Waals surface area (Å²) in [4.78, 5) is 26.5. The summed E-state index contributed by atoms with van der Waals surface area (Å²) in [5.74, 6) is -0.190. The third-order valence-corrected chi connectivity index (χ3v) is 4.29. The van der Waals surface area contributed by atoms with Crippen LogP contribution in [0, 0.1) is 6.92 Å². The van der Waals surface area contributed by atoms with Crippen molar-refractivity contribution in [3.05, 3.63) is 52.3 Å². The van der Waals surface area contributed by atoms with Crippen molar-refractivity contribution >= 4 is 11.8 Å². The molecule has 0 amide bonds. The first kappa shape index (κ1) is 14.4. The summed E-state index contributed by atoms with van der Waals surface area (Å²) < 4.78 is 5.14. The molecule has 1 atom stereocenters. The van der Waals surface area contributed by atoms with Crippen molar-refractivity contribution in [3.63, 3.8) is 0 Å². The summed E-state index contributed by atoms with van der Waals surface area (Å²) in [5.41, 5.74) is 3.01. The van der Waals surface area contributed by atoms with E-state index in [1.54, 1.807) is 14.0 Å². The van der Waals surface area contributed by atoms with Crippen molar-refractivity contribution in [2.75, 3.05) is 7.11 Å². The highest BCUT2D eigenvalue weighted by molar-refractivity contribution is 6.03. The molecule has 0 aliphatic heterocycles. The number of carbonyl (C=O) groups is 2. The van der Waals surface area contributed by atoms with E-state index >= 15 is 0 Å². The van der Waals surface area contributed by atoms with E-state index in [9.17, 15) is 14.7 Å². The number of hydrogen-bond acceptors (Lipinski definition) is 3. The van der Waals surface area contributed by atoms with E-state index < -0.39 is 5.97 Å². The number of aromatic amines is 1. The van der Waals surface area contributed by atoms with Crippen LogP contribution in [0.4, 0.5) is 0 Å². The molecule has 114 valence electrons. The third kappa shape index (κ3) is 2.28. The zero-order valence-electron chi connectivity index (χ0n) is 12.5. The standard InChI is InChI=1S/C17H17NO4/c1-9-15-13(18-16(9)17(20)21)7-11(8-14(15)19)10-3-5-12(22-2)6-4-10/h3-6,11,18H,7-8H2,1-2H3,(H,20,21)/t11-/m1/s1. The molecule has 2 aromatic rings. The van der Waals surface area contributed by atoms with Gasteiger partial charge in [-0.15, -0.1) is 0 Å². The van der Waals surface area contributed by atoms with Gasteiger partial charge in [0.2, 0.25) is 0 Å². The lowest BCUT2D eigenvalue weighted by Gasteiger charge is -2.22. The smallest absolute Gasteiger partial charge is 0.352 e. The summed E-state index contributed by atoms with van der Waals surface area (Å²) in [7, 11) is 1.61. The first-order valence-corrected chi connectivity index (χ1v) is 7.13. The minimum Gasteiger partial charge on any atom is -0.497 e. The van der Waals surface area contributed by atoms with Crippen LogP contribution in [0.1, 0.15) is 50.0 Å². The van der Waals surface area contributed by atoms with Gasteiger partial charge in [-0.05, 0) is 42.5 Å². The van der Waals surface area contributed by atoms with Crippen LogP contribution in [0.3, 0.4) is 0 Å². The minimum atomic E-state index is -1.03. The highest BCUT2D eigenvalue weighted by Gasteiger charge is 2.31. The van der Waals surface area contributed by atoms with Crippen LogP contribution >= 0.6 is 0 Å². The Kier molecular flexibility index (Phi) is 3.48. The van der Waals surface area contributed by atoms with Gasteiger partial charge >= 0.3 is 5.97 Å². The topological polar surface area (TPSA) is 79.4 Å². The molecule has 2 N–H and O–H groups in total. The number of fused-ring (bicyclic) bond motifs is 1. The van der Waals surface area contributed by atoms with Crippen molar-refractivity contribution in [1.29, 1.82) is 0 Å². The number of aromatic nitrogens is 1. The van der Waals surface area contributed by atoms with Crippen LogP contribution in [0.2, 0.25) is 0 Å². The van der Waals surface area contributed by atoms with Crippen LogP contribution < -0.4 is 4.74 Å². The van der Waals surface area contributed by atoms with Gasteiger partial charge in [-0.1, -0.05) is 12.1 Å². The number of hydrogen-bond donors (Lipinski definition) is 2. The van der Waals surface area contributed by atoms with E-state index in [0.717, 1.165) is 17.0 Å². The quantitative estimate of drug-likeness (QED) is 0.913. The molecule has 3 rings (SSSR count). The molecule has 0 fully saturated rings. The first-order valence-electron chi connectivity index (χ1n) is 7.13. The van der Waals surface area contributed by atoms with E-state index in [4.69, 9.17) is 4.74 Å². The predicted octanol–water partition coefficient (Wildman–Crippen LogP) is 2.94. The number of carbonyl (C=O) groups excluding carboxylic acids is 1. The number of nitrogens with one attached hydrogen (secondary N) is 1. The van der Waals surface area contributed by atoms with Gasteiger partial charge < -0.3 is 14.8 Å². The Morgan fingerprint density at radius 1 is 1.27 bits per heavy atom. The zero-order valence-corrected chi connectivity index (χ0v) is 12.5. The predicted molar refractivity (Wildman–Crippen MR) is 80.9 cm³/mol. The van der Waals surface area contributed by atoms with Crippen molar-refractivity contribution in [2.24, 2.45) is 0 Å². The highest BCUT2D eigenvalue weighted by Crippen LogP contribution is 2.35. The Hall–Kier alpha value is -2.56. The third-order valence-electron chi connectivity index (χ3n) is 4.29. The summed E-state index contributed by atoms with van der Waals surface area (Å²) >= 11 is 0. The maximum absolute atomic E-state index is 12.4. The first-order chi connectivity index (χ1) is 10.5. The molecule has 1 aromatic heterocycles. The van der Waals surface area contributed by atoms with E-state index in [0.29, 0.717) is 24.0 Å². The Balaban J connectivity index is 1.95. The van der Waals surface area contributed by atoms with E-state index in [1.807, 2.05) is 24.3 Å². The molecule has 1 aliphatic rings. The molecule has 1 heterocycles. The Bertz CT molecular complexity index is 743. The molecule has 0 saturated heterocycles. The Labute approximate surface area is 127 Å². The van der Waals surface area contributed by atoms with E-state index in [-0.39, 0.29) is 17.4 Å². The number of carboxylic acids is 1. The zero-order chi connectivity index (χ0) is 15.9. The summed E-state index contributed by atoms with van der Waals surface area (Å²) in [5, 5.41) is 9.19. The lowest BCUT2D eigenvalue weighted by atomic mass is 9.81. The number of Topliss-reactive ketones (excluding diaryl/α,β-unsaturated/α-hetero) is 1. The van der Waals surface area contributed by atoms with Gasteiger partial charge in [0.1, 0.15) is 11.4 Å². The van der Waals surface area contributed by atoms with Crippen LogP contribution in [0.25, 0.3) is 0 Å². The van der Waals surface area contributed by atoms with Gasteiger partial charge in [0.25, 0.3) is 0 Å². The maximum atomic E-state index is 12.4. The second kappa shape index (κ2) is 5.33. The fourth-order valence-electron chi connectivity index (χ4n) is 3.16. The van der Waals surface area contributed by atoms with Crippen molar-refractivity contribution < 1.29 is 19.4 Å². The van der Waals surface area contributed by atoms with Crippen molar-refractivity contribution in [3.8, 4) is 5.75 Å². The number of H-pyrrole nitrogens is 1. The Morgan fingerprint density at radius 2 is 1.95 bits per heavy atom. The SMILES string of the molecule is COc1ccc([C@H]2CC(=O)c3c([nH]c(C(=O)O)c3C)C2)cc1. The van der Waals surface area contributed by atoms with Gasteiger partial charge in [0.15, 0.2) is 5.78 Å². The highest BCUT2D eigenvalue weighted by atomic mass is 16.5. The number of ketones is 1. The maximum Gasteiger partial charge on any atom is 0.352 e. The molecular formula is C17H17NO4. The largest absolute Gasteiger partial charge is 0.497 e. The second-order valence-corrected chi connectivity index (χ2v) is 5.59. The normalized spacial score (nSPS) is 17.2. The number of rotatable bonds is 3. The number of carboxylic acid groups (broad SMARTS) is 1. The Morgan fingerprint density at radius 3 is 2.55 bits per heavy atom.